The van der Waals surface area contributed by atoms with Crippen molar-refractivity contribution >= 4 is 23.6 Å². The van der Waals surface area contributed by atoms with Gasteiger partial charge in [-0.05, 0) is 30.5 Å². The molecule has 0 radical (unpaired) electrons. The first-order valence-corrected chi connectivity index (χ1v) is 8.32. The number of rotatable bonds is 4. The number of allylic oxidation sites excluding steroid dienone is 1. The first-order chi connectivity index (χ1) is 11.8. The van der Waals surface area contributed by atoms with Crippen molar-refractivity contribution in [2.24, 2.45) is 0 Å². The van der Waals surface area contributed by atoms with Crippen LogP contribution in [0.2, 0.25) is 0 Å². The Kier molecular flexibility index (Phi) is 4.06. The molecule has 2 heterocycles. The summed E-state index contributed by atoms with van der Waals surface area (Å²) in [6, 6.07) is 4.23. The first kappa shape index (κ1) is 17.1. The Morgan fingerprint density at radius 3 is 2.56 bits per heavy atom. The summed E-state index contributed by atoms with van der Waals surface area (Å²) in [4.78, 5) is 49.8. The van der Waals surface area contributed by atoms with Gasteiger partial charge in [0.05, 0.1) is 11.1 Å². The van der Waals surface area contributed by atoms with E-state index >= 15 is 0 Å². The lowest BCUT2D eigenvalue weighted by Gasteiger charge is -2.27. The van der Waals surface area contributed by atoms with Gasteiger partial charge in [0.2, 0.25) is 11.8 Å². The Morgan fingerprint density at radius 1 is 1.28 bits per heavy atom. The van der Waals surface area contributed by atoms with Crippen molar-refractivity contribution in [3.63, 3.8) is 0 Å². The van der Waals surface area contributed by atoms with Gasteiger partial charge in [-0.25, -0.2) is 0 Å². The van der Waals surface area contributed by atoms with E-state index in [-0.39, 0.29) is 25.6 Å². The number of imide groups is 2. The molecular formula is C19H22N2O4. The minimum Gasteiger partial charge on any atom is -0.295 e. The van der Waals surface area contributed by atoms with E-state index in [0.717, 1.165) is 16.9 Å². The topological polar surface area (TPSA) is 83.6 Å². The number of amides is 4. The summed E-state index contributed by atoms with van der Waals surface area (Å²) in [6.07, 6.45) is 2.89. The Hall–Kier alpha value is -2.76. The van der Waals surface area contributed by atoms with Crippen LogP contribution < -0.4 is 5.32 Å². The van der Waals surface area contributed by atoms with E-state index in [1.165, 1.54) is 0 Å². The summed E-state index contributed by atoms with van der Waals surface area (Å²) in [5, 5.41) is 2.19. The number of carbonyl (C=O) groups excluding carboxylic acids is 4. The fourth-order valence-corrected chi connectivity index (χ4v) is 3.29. The fraction of sp³-hybridized carbons (Fsp3) is 0.368. The molecule has 0 aliphatic carbocycles. The van der Waals surface area contributed by atoms with E-state index in [0.29, 0.717) is 11.1 Å². The molecule has 0 saturated carbocycles. The maximum Gasteiger partial charge on any atom is 0.262 e. The van der Waals surface area contributed by atoms with Crippen molar-refractivity contribution in [1.29, 1.82) is 0 Å². The van der Waals surface area contributed by atoms with Gasteiger partial charge in [-0.2, -0.15) is 0 Å². The number of nitrogens with one attached hydrogen (secondary N) is 1. The van der Waals surface area contributed by atoms with E-state index in [4.69, 9.17) is 0 Å². The van der Waals surface area contributed by atoms with Gasteiger partial charge in [0.1, 0.15) is 6.04 Å². The third kappa shape index (κ3) is 2.58. The summed E-state index contributed by atoms with van der Waals surface area (Å²) in [5.74, 6) is -1.96. The predicted octanol–water partition coefficient (Wildman–Crippen LogP) is 2.19. The quantitative estimate of drug-likeness (QED) is 0.671. The van der Waals surface area contributed by atoms with Crippen LogP contribution in [0, 0.1) is 0 Å². The van der Waals surface area contributed by atoms with Crippen LogP contribution >= 0.6 is 0 Å². The van der Waals surface area contributed by atoms with E-state index in [1.54, 1.807) is 12.1 Å². The van der Waals surface area contributed by atoms with E-state index < -0.39 is 23.8 Å². The lowest BCUT2D eigenvalue weighted by Crippen LogP contribution is -2.54. The maximum absolute atomic E-state index is 12.8. The summed E-state index contributed by atoms with van der Waals surface area (Å²) >= 11 is 0. The Morgan fingerprint density at radius 2 is 1.96 bits per heavy atom. The lowest BCUT2D eigenvalue weighted by molar-refractivity contribution is -0.136. The largest absolute Gasteiger partial charge is 0.295 e. The number of benzene rings is 1. The van der Waals surface area contributed by atoms with Gasteiger partial charge < -0.3 is 0 Å². The third-order valence-corrected chi connectivity index (χ3v) is 5.28. The Labute approximate surface area is 147 Å². The minimum atomic E-state index is -0.939. The molecule has 3 rings (SSSR count). The van der Waals surface area contributed by atoms with Crippen molar-refractivity contribution in [1.82, 2.24) is 10.2 Å². The molecule has 2 aliphatic rings. The van der Waals surface area contributed by atoms with Crippen molar-refractivity contribution in [3.8, 4) is 0 Å². The summed E-state index contributed by atoms with van der Waals surface area (Å²) < 4.78 is 0. The average molecular weight is 342 g/mol. The highest BCUT2D eigenvalue weighted by Crippen LogP contribution is 2.34. The summed E-state index contributed by atoms with van der Waals surface area (Å²) in [6.45, 7) is 7.91. The number of nitrogens with zero attached hydrogens (tertiary/aromatic N) is 1. The van der Waals surface area contributed by atoms with Crippen molar-refractivity contribution in [2.75, 3.05) is 0 Å². The molecule has 1 fully saturated rings. The number of carbonyl (C=O) groups is 4. The van der Waals surface area contributed by atoms with Gasteiger partial charge in [-0.1, -0.05) is 26.0 Å². The zero-order chi connectivity index (χ0) is 18.4. The number of hydrogen-bond acceptors (Lipinski definition) is 4. The molecule has 1 N–H and O–H groups in total. The monoisotopic (exact) mass is 342 g/mol. The summed E-state index contributed by atoms with van der Waals surface area (Å²) in [5.41, 5.74) is 1.19. The average Bonchev–Trinajstić information content (AvgIpc) is 2.85. The highest BCUT2D eigenvalue weighted by Gasteiger charge is 2.44. The SMILES string of the molecule is C=CC(C)(CC)c1ccc2c(c1)C(=O)N(C1CCC(=O)NC1=O)C2=O.[HH]. The molecule has 2 aliphatic heterocycles. The van der Waals surface area contributed by atoms with E-state index in [9.17, 15) is 19.2 Å². The molecule has 132 valence electrons. The Balaban J connectivity index is 0.00000243. The van der Waals surface area contributed by atoms with Crippen molar-refractivity contribution < 1.29 is 20.6 Å². The molecule has 0 spiro atoms. The second kappa shape index (κ2) is 5.95. The molecule has 4 amide bonds. The predicted molar refractivity (Wildman–Crippen MR) is 93.1 cm³/mol. The van der Waals surface area contributed by atoms with E-state index in [1.807, 2.05) is 26.0 Å². The smallest absolute Gasteiger partial charge is 0.262 e. The van der Waals surface area contributed by atoms with Crippen LogP contribution in [0.4, 0.5) is 0 Å². The van der Waals surface area contributed by atoms with Gasteiger partial charge in [0.25, 0.3) is 11.8 Å². The van der Waals surface area contributed by atoms with Crippen LogP contribution in [0.3, 0.4) is 0 Å². The van der Waals surface area contributed by atoms with E-state index in [2.05, 4.69) is 11.9 Å². The zero-order valence-electron chi connectivity index (χ0n) is 14.3. The molecule has 1 aromatic rings. The van der Waals surface area contributed by atoms with Crippen LogP contribution in [-0.2, 0) is 15.0 Å². The zero-order valence-corrected chi connectivity index (χ0v) is 14.3. The van der Waals surface area contributed by atoms with Crippen LogP contribution in [0.5, 0.6) is 0 Å². The van der Waals surface area contributed by atoms with Crippen molar-refractivity contribution in [3.05, 3.63) is 47.5 Å². The van der Waals surface area contributed by atoms with Crippen LogP contribution in [0.15, 0.2) is 30.9 Å². The summed E-state index contributed by atoms with van der Waals surface area (Å²) in [7, 11) is 0. The molecule has 1 aromatic carbocycles. The van der Waals surface area contributed by atoms with Gasteiger partial charge in [-0.3, -0.25) is 29.4 Å². The van der Waals surface area contributed by atoms with Gasteiger partial charge in [0.15, 0.2) is 0 Å². The molecule has 0 aromatic heterocycles. The lowest BCUT2D eigenvalue weighted by atomic mass is 9.79. The molecule has 6 heteroatoms. The number of hydrogen-bond donors (Lipinski definition) is 1. The molecular weight excluding hydrogens is 320 g/mol. The standard InChI is InChI=1S/C19H20N2O4.H2/c1-4-19(3,5-2)11-6-7-12-13(10-11)18(25)21(17(12)24)14-8-9-15(22)20-16(14)23;/h4,6-7,10,14H,1,5,8-9H2,2-3H3,(H,20,22,23);1H. The molecule has 2 unspecified atom stereocenters. The molecule has 1 saturated heterocycles. The Bertz CT molecular complexity index is 820. The number of piperidine rings is 1. The van der Waals surface area contributed by atoms with Gasteiger partial charge in [0, 0.05) is 13.3 Å². The van der Waals surface area contributed by atoms with Crippen molar-refractivity contribution in [2.45, 2.75) is 44.6 Å². The normalized spacial score (nSPS) is 22.5. The number of fused-ring (bicyclic) bond motifs is 1. The molecule has 2 atom stereocenters. The highest BCUT2D eigenvalue weighted by atomic mass is 16.2. The fourth-order valence-electron chi connectivity index (χ4n) is 3.29. The molecule has 25 heavy (non-hydrogen) atoms. The first-order valence-electron chi connectivity index (χ1n) is 8.32. The second-order valence-corrected chi connectivity index (χ2v) is 6.68. The molecule has 0 bridgehead atoms. The maximum atomic E-state index is 12.8. The minimum absolute atomic E-state index is 0. The van der Waals surface area contributed by atoms with Gasteiger partial charge >= 0.3 is 0 Å². The molecule has 6 nitrogen and oxygen atoms in total. The highest BCUT2D eigenvalue weighted by molar-refractivity contribution is 6.23. The second-order valence-electron chi connectivity index (χ2n) is 6.68. The van der Waals surface area contributed by atoms with Crippen LogP contribution in [-0.4, -0.2) is 34.6 Å². The third-order valence-electron chi connectivity index (χ3n) is 5.28. The van der Waals surface area contributed by atoms with Gasteiger partial charge in [-0.15, -0.1) is 6.58 Å². The van der Waals surface area contributed by atoms with Crippen LogP contribution in [0.25, 0.3) is 0 Å². The van der Waals surface area contributed by atoms with Crippen LogP contribution in [0.1, 0.15) is 60.8 Å².